The first-order valence-corrected chi connectivity index (χ1v) is 10.9. The van der Waals surface area contributed by atoms with Crippen LogP contribution in [-0.2, 0) is 16.8 Å². The molecule has 154 valence electrons. The number of hydrogen-bond acceptors (Lipinski definition) is 3. The largest absolute Gasteiger partial charge is 0.346 e. The SMILES string of the molecule is O=C1Cc2ccccc2C2(CCN(c3nc4ccc(-c5ccccc5)cc4[nH]3)CC2)N1. The molecule has 2 N–H and O–H groups in total. The monoisotopic (exact) mass is 408 g/mol. The second kappa shape index (κ2) is 6.98. The van der Waals surface area contributed by atoms with Crippen molar-refractivity contribution in [1.29, 1.82) is 0 Å². The van der Waals surface area contributed by atoms with E-state index in [-0.39, 0.29) is 11.4 Å². The molecule has 1 aromatic heterocycles. The fraction of sp³-hybridized carbons (Fsp3) is 0.231. The van der Waals surface area contributed by atoms with Crippen molar-refractivity contribution in [2.24, 2.45) is 0 Å². The van der Waals surface area contributed by atoms with Crippen molar-refractivity contribution in [3.05, 3.63) is 83.9 Å². The number of piperidine rings is 1. The molecule has 4 aromatic rings. The fourth-order valence-electron chi connectivity index (χ4n) is 5.14. The number of fused-ring (bicyclic) bond motifs is 3. The lowest BCUT2D eigenvalue weighted by Crippen LogP contribution is -2.56. The van der Waals surface area contributed by atoms with Gasteiger partial charge in [-0.25, -0.2) is 4.98 Å². The molecule has 0 atom stereocenters. The normalized spacial score (nSPS) is 17.5. The van der Waals surface area contributed by atoms with Gasteiger partial charge in [-0.1, -0.05) is 60.7 Å². The van der Waals surface area contributed by atoms with Gasteiger partial charge in [0.1, 0.15) is 0 Å². The number of aromatic amines is 1. The standard InChI is InChI=1S/C26H24N4O/c31-24-17-20-8-4-5-9-21(20)26(29-24)12-14-30(15-13-26)25-27-22-11-10-19(16-23(22)28-25)18-6-2-1-3-7-18/h1-11,16H,12-15,17H2,(H,27,28)(H,29,31). The van der Waals surface area contributed by atoms with E-state index in [9.17, 15) is 4.79 Å². The Morgan fingerprint density at radius 1 is 0.871 bits per heavy atom. The minimum atomic E-state index is -0.255. The van der Waals surface area contributed by atoms with E-state index in [0.717, 1.165) is 48.5 Å². The second-order valence-electron chi connectivity index (χ2n) is 8.61. The molecule has 0 bridgehead atoms. The predicted molar refractivity (Wildman–Crippen MR) is 123 cm³/mol. The summed E-state index contributed by atoms with van der Waals surface area (Å²) in [7, 11) is 0. The molecule has 3 aromatic carbocycles. The average Bonchev–Trinajstić information content (AvgIpc) is 3.23. The number of anilines is 1. The smallest absolute Gasteiger partial charge is 0.225 e. The first-order chi connectivity index (χ1) is 15.2. The van der Waals surface area contributed by atoms with E-state index >= 15 is 0 Å². The molecule has 1 saturated heterocycles. The van der Waals surface area contributed by atoms with Gasteiger partial charge in [-0.15, -0.1) is 0 Å². The summed E-state index contributed by atoms with van der Waals surface area (Å²) in [6, 6.07) is 25.2. The van der Waals surface area contributed by atoms with Gasteiger partial charge >= 0.3 is 0 Å². The lowest BCUT2D eigenvalue weighted by atomic mass is 9.76. The molecule has 2 aliphatic heterocycles. The molecule has 0 aliphatic carbocycles. The Bertz CT molecular complexity index is 1270. The third-order valence-electron chi connectivity index (χ3n) is 6.76. The minimum absolute atomic E-state index is 0.129. The fourth-order valence-corrected chi connectivity index (χ4v) is 5.14. The predicted octanol–water partition coefficient (Wildman–Crippen LogP) is 4.40. The van der Waals surface area contributed by atoms with E-state index in [1.54, 1.807) is 0 Å². The highest BCUT2D eigenvalue weighted by Crippen LogP contribution is 2.38. The van der Waals surface area contributed by atoms with E-state index in [2.05, 4.69) is 75.9 Å². The summed E-state index contributed by atoms with van der Waals surface area (Å²) in [6.07, 6.45) is 2.24. The van der Waals surface area contributed by atoms with Crippen LogP contribution < -0.4 is 10.2 Å². The van der Waals surface area contributed by atoms with Crippen molar-refractivity contribution in [3.8, 4) is 11.1 Å². The molecule has 31 heavy (non-hydrogen) atoms. The number of nitrogens with one attached hydrogen (secondary N) is 2. The van der Waals surface area contributed by atoms with E-state index in [0.29, 0.717) is 6.42 Å². The topological polar surface area (TPSA) is 61.0 Å². The van der Waals surface area contributed by atoms with Crippen LogP contribution in [0.5, 0.6) is 0 Å². The average molecular weight is 409 g/mol. The van der Waals surface area contributed by atoms with E-state index in [4.69, 9.17) is 4.98 Å². The summed E-state index contributed by atoms with van der Waals surface area (Å²) in [5.74, 6) is 1.04. The quantitative estimate of drug-likeness (QED) is 0.517. The van der Waals surface area contributed by atoms with Gasteiger partial charge in [-0.3, -0.25) is 4.79 Å². The lowest BCUT2D eigenvalue weighted by Gasteiger charge is -2.45. The molecule has 0 unspecified atom stereocenters. The van der Waals surface area contributed by atoms with Crippen LogP contribution in [0.15, 0.2) is 72.8 Å². The molecule has 1 spiro atoms. The number of imidazole rings is 1. The molecule has 1 fully saturated rings. The van der Waals surface area contributed by atoms with Crippen molar-refractivity contribution in [1.82, 2.24) is 15.3 Å². The maximum atomic E-state index is 12.4. The minimum Gasteiger partial charge on any atom is -0.346 e. The Morgan fingerprint density at radius 2 is 1.65 bits per heavy atom. The Kier molecular flexibility index (Phi) is 4.10. The Balaban J connectivity index is 1.26. The van der Waals surface area contributed by atoms with Crippen LogP contribution in [0.2, 0.25) is 0 Å². The lowest BCUT2D eigenvalue weighted by molar-refractivity contribution is -0.123. The van der Waals surface area contributed by atoms with Crippen LogP contribution >= 0.6 is 0 Å². The van der Waals surface area contributed by atoms with Crippen molar-refractivity contribution in [3.63, 3.8) is 0 Å². The van der Waals surface area contributed by atoms with Crippen LogP contribution in [0.1, 0.15) is 24.0 Å². The number of H-pyrrole nitrogens is 1. The van der Waals surface area contributed by atoms with Gasteiger partial charge in [0, 0.05) is 13.1 Å². The van der Waals surface area contributed by atoms with E-state index in [1.807, 2.05) is 12.1 Å². The summed E-state index contributed by atoms with van der Waals surface area (Å²) < 4.78 is 0. The van der Waals surface area contributed by atoms with Crippen molar-refractivity contribution < 1.29 is 4.79 Å². The first kappa shape index (κ1) is 18.2. The maximum absolute atomic E-state index is 12.4. The highest BCUT2D eigenvalue weighted by Gasteiger charge is 2.42. The molecule has 0 radical (unpaired) electrons. The van der Waals surface area contributed by atoms with Gasteiger partial charge in [-0.05, 0) is 47.2 Å². The van der Waals surface area contributed by atoms with Gasteiger partial charge in [0.25, 0.3) is 0 Å². The molecule has 2 aliphatic rings. The number of nitrogens with zero attached hydrogens (tertiary/aromatic N) is 2. The van der Waals surface area contributed by atoms with Gasteiger partial charge in [-0.2, -0.15) is 0 Å². The summed E-state index contributed by atoms with van der Waals surface area (Å²) in [4.78, 5) is 23.0. The van der Waals surface area contributed by atoms with Gasteiger partial charge < -0.3 is 15.2 Å². The molecule has 1 amide bonds. The summed E-state index contributed by atoms with van der Waals surface area (Å²) in [5, 5.41) is 3.32. The zero-order valence-electron chi connectivity index (χ0n) is 17.3. The van der Waals surface area contributed by atoms with Crippen LogP contribution in [-0.4, -0.2) is 29.0 Å². The zero-order chi connectivity index (χ0) is 20.8. The Labute approximate surface area is 181 Å². The third-order valence-corrected chi connectivity index (χ3v) is 6.76. The van der Waals surface area contributed by atoms with Crippen molar-refractivity contribution in [2.75, 3.05) is 18.0 Å². The number of aromatic nitrogens is 2. The summed E-state index contributed by atoms with van der Waals surface area (Å²) >= 11 is 0. The van der Waals surface area contributed by atoms with E-state index in [1.165, 1.54) is 16.7 Å². The molecule has 5 nitrogen and oxygen atoms in total. The van der Waals surface area contributed by atoms with Gasteiger partial charge in [0.15, 0.2) is 0 Å². The Morgan fingerprint density at radius 3 is 2.48 bits per heavy atom. The van der Waals surface area contributed by atoms with Gasteiger partial charge in [0.2, 0.25) is 11.9 Å². The molecule has 5 heteroatoms. The van der Waals surface area contributed by atoms with Crippen molar-refractivity contribution >= 4 is 22.9 Å². The highest BCUT2D eigenvalue weighted by molar-refractivity contribution is 5.84. The Hall–Kier alpha value is -3.60. The second-order valence-corrected chi connectivity index (χ2v) is 8.61. The maximum Gasteiger partial charge on any atom is 0.225 e. The third kappa shape index (κ3) is 3.08. The number of hydrogen-bond donors (Lipinski definition) is 2. The van der Waals surface area contributed by atoms with Crippen LogP contribution in [0.4, 0.5) is 5.95 Å². The first-order valence-electron chi connectivity index (χ1n) is 10.9. The van der Waals surface area contributed by atoms with Crippen LogP contribution in [0.3, 0.4) is 0 Å². The molecular formula is C26H24N4O. The van der Waals surface area contributed by atoms with Gasteiger partial charge in [0.05, 0.1) is 23.0 Å². The zero-order valence-corrected chi connectivity index (χ0v) is 17.3. The van der Waals surface area contributed by atoms with Crippen LogP contribution in [0, 0.1) is 0 Å². The number of amides is 1. The number of benzene rings is 3. The number of rotatable bonds is 2. The van der Waals surface area contributed by atoms with Crippen LogP contribution in [0.25, 0.3) is 22.2 Å². The summed E-state index contributed by atoms with van der Waals surface area (Å²) in [6.45, 7) is 1.69. The highest BCUT2D eigenvalue weighted by atomic mass is 16.1. The van der Waals surface area contributed by atoms with Crippen molar-refractivity contribution in [2.45, 2.75) is 24.8 Å². The molecule has 6 rings (SSSR count). The molecular weight excluding hydrogens is 384 g/mol. The molecule has 3 heterocycles. The summed E-state index contributed by atoms with van der Waals surface area (Å²) in [5.41, 5.74) is 6.60. The van der Waals surface area contributed by atoms with E-state index < -0.39 is 0 Å². The number of carbonyl (C=O) groups excluding carboxylic acids is 1. The number of carbonyl (C=O) groups is 1. The molecule has 0 saturated carbocycles.